The summed E-state index contributed by atoms with van der Waals surface area (Å²) in [6.07, 6.45) is 1.59. The van der Waals surface area contributed by atoms with Crippen LogP contribution in [0.5, 0.6) is 0 Å². The van der Waals surface area contributed by atoms with E-state index in [-0.39, 0.29) is 21.8 Å². The fourth-order valence-electron chi connectivity index (χ4n) is 4.61. The second-order valence-corrected chi connectivity index (χ2v) is 12.5. The molecule has 11 heteroatoms. The standard InChI is InChI=1S/C27H29BrN6O3S/c1-3-38(36,37)26(19-7-5-4-6-8-19)34-24-20(17-23(28)25(34)35)18-29-27(31-24)30-21-9-11-22(12-10-21)33-15-13-32(2)14-16-33/h4-12,17-18,26H,3,13-16H2,1-2H3,(H,29,30,31). The van der Waals surface area contributed by atoms with Crippen molar-refractivity contribution in [3.63, 3.8) is 0 Å². The zero-order valence-electron chi connectivity index (χ0n) is 21.2. The third-order valence-corrected chi connectivity index (χ3v) is 9.32. The normalized spacial score (nSPS) is 15.5. The minimum absolute atomic E-state index is 0.136. The van der Waals surface area contributed by atoms with E-state index in [1.165, 1.54) is 4.57 Å². The SMILES string of the molecule is CCS(=O)(=O)C(c1ccccc1)n1c(=O)c(Br)cc2cnc(Nc3ccc(N4CCN(C)CC4)cc3)nc21. The van der Waals surface area contributed by atoms with E-state index in [1.54, 1.807) is 49.5 Å². The molecule has 0 amide bonds. The quantitative estimate of drug-likeness (QED) is 0.341. The molecule has 1 N–H and O–H groups in total. The number of rotatable bonds is 7. The molecule has 2 aromatic heterocycles. The number of benzene rings is 2. The molecule has 1 aliphatic heterocycles. The predicted octanol–water partition coefficient (Wildman–Crippen LogP) is 4.03. The molecule has 0 aliphatic carbocycles. The van der Waals surface area contributed by atoms with Crippen LogP contribution in [0, 0.1) is 0 Å². The molecule has 5 rings (SSSR count). The van der Waals surface area contributed by atoms with Crippen molar-refractivity contribution in [2.75, 3.05) is 49.2 Å². The van der Waals surface area contributed by atoms with Crippen LogP contribution in [0.3, 0.4) is 0 Å². The fourth-order valence-corrected chi connectivity index (χ4v) is 6.45. The first-order valence-electron chi connectivity index (χ1n) is 12.4. The lowest BCUT2D eigenvalue weighted by atomic mass is 10.2. The van der Waals surface area contributed by atoms with Crippen LogP contribution in [0.25, 0.3) is 11.0 Å². The van der Waals surface area contributed by atoms with E-state index in [4.69, 9.17) is 0 Å². The van der Waals surface area contributed by atoms with Crippen LogP contribution in [0.15, 0.2) is 76.1 Å². The molecule has 0 saturated carbocycles. The summed E-state index contributed by atoms with van der Waals surface area (Å²) >= 11 is 3.31. The maximum absolute atomic E-state index is 13.4. The summed E-state index contributed by atoms with van der Waals surface area (Å²) in [7, 11) is -1.60. The Morgan fingerprint density at radius 1 is 1.03 bits per heavy atom. The average molecular weight is 598 g/mol. The number of hydrogen-bond acceptors (Lipinski definition) is 8. The fraction of sp³-hybridized carbons (Fsp3) is 0.296. The first-order chi connectivity index (χ1) is 18.3. The van der Waals surface area contributed by atoms with E-state index in [2.05, 4.69) is 60.2 Å². The van der Waals surface area contributed by atoms with E-state index < -0.39 is 20.8 Å². The lowest BCUT2D eigenvalue weighted by Crippen LogP contribution is -2.44. The van der Waals surface area contributed by atoms with Gasteiger partial charge in [0.15, 0.2) is 15.2 Å². The minimum Gasteiger partial charge on any atom is -0.369 e. The molecule has 1 aliphatic rings. The first kappa shape index (κ1) is 26.3. The van der Waals surface area contributed by atoms with Crippen LogP contribution in [0.4, 0.5) is 17.3 Å². The van der Waals surface area contributed by atoms with Crippen molar-refractivity contribution < 1.29 is 8.42 Å². The third-order valence-electron chi connectivity index (χ3n) is 6.78. The lowest BCUT2D eigenvalue weighted by Gasteiger charge is -2.34. The predicted molar refractivity (Wildman–Crippen MR) is 155 cm³/mol. The molecule has 2 aromatic carbocycles. The number of hydrogen-bond donors (Lipinski definition) is 1. The van der Waals surface area contributed by atoms with Crippen molar-refractivity contribution in [3.05, 3.63) is 87.3 Å². The summed E-state index contributed by atoms with van der Waals surface area (Å²) in [4.78, 5) is 27.1. The van der Waals surface area contributed by atoms with Gasteiger partial charge in [0.1, 0.15) is 5.65 Å². The van der Waals surface area contributed by atoms with Crippen molar-refractivity contribution in [1.82, 2.24) is 19.4 Å². The van der Waals surface area contributed by atoms with Crippen LogP contribution in [-0.2, 0) is 9.84 Å². The molecule has 38 heavy (non-hydrogen) atoms. The number of sulfone groups is 1. The Morgan fingerprint density at radius 2 is 1.71 bits per heavy atom. The van der Waals surface area contributed by atoms with Gasteiger partial charge in [0.05, 0.1) is 4.47 Å². The van der Waals surface area contributed by atoms with Gasteiger partial charge in [0.25, 0.3) is 5.56 Å². The topological polar surface area (TPSA) is 100 Å². The van der Waals surface area contributed by atoms with Crippen LogP contribution < -0.4 is 15.8 Å². The highest BCUT2D eigenvalue weighted by atomic mass is 79.9. The number of nitrogens with zero attached hydrogens (tertiary/aromatic N) is 5. The molecule has 198 valence electrons. The lowest BCUT2D eigenvalue weighted by molar-refractivity contribution is 0.313. The van der Waals surface area contributed by atoms with Gasteiger partial charge in [-0.15, -0.1) is 0 Å². The zero-order valence-corrected chi connectivity index (χ0v) is 23.6. The van der Waals surface area contributed by atoms with Gasteiger partial charge in [-0.3, -0.25) is 9.36 Å². The van der Waals surface area contributed by atoms with Gasteiger partial charge in [-0.05, 0) is 58.9 Å². The number of halogens is 1. The van der Waals surface area contributed by atoms with Crippen LogP contribution in [0.2, 0.25) is 0 Å². The van der Waals surface area contributed by atoms with E-state index in [0.29, 0.717) is 10.9 Å². The highest BCUT2D eigenvalue weighted by molar-refractivity contribution is 9.10. The molecule has 4 aromatic rings. The summed E-state index contributed by atoms with van der Waals surface area (Å²) < 4.78 is 28.1. The number of pyridine rings is 1. The maximum Gasteiger partial charge on any atom is 0.267 e. The van der Waals surface area contributed by atoms with E-state index in [9.17, 15) is 13.2 Å². The van der Waals surface area contributed by atoms with Gasteiger partial charge in [0.2, 0.25) is 5.95 Å². The summed E-state index contributed by atoms with van der Waals surface area (Å²) in [5.41, 5.74) is 2.18. The summed E-state index contributed by atoms with van der Waals surface area (Å²) in [5.74, 6) is 0.129. The molecule has 1 atom stereocenters. The van der Waals surface area contributed by atoms with Crippen LogP contribution in [0.1, 0.15) is 17.9 Å². The second-order valence-electron chi connectivity index (χ2n) is 9.32. The van der Waals surface area contributed by atoms with Gasteiger partial charge < -0.3 is 15.1 Å². The molecular formula is C27H29BrN6O3S. The molecule has 1 unspecified atom stereocenters. The Morgan fingerprint density at radius 3 is 2.37 bits per heavy atom. The average Bonchev–Trinajstić information content (AvgIpc) is 2.93. The van der Waals surface area contributed by atoms with Crippen LogP contribution >= 0.6 is 15.9 Å². The number of likely N-dealkylation sites (N-methyl/N-ethyl adjacent to an activating group) is 1. The zero-order chi connectivity index (χ0) is 26.9. The Hall–Kier alpha value is -3.28. The number of nitrogens with one attached hydrogen (secondary N) is 1. The molecular weight excluding hydrogens is 568 g/mol. The van der Waals surface area contributed by atoms with E-state index in [0.717, 1.165) is 37.6 Å². The molecule has 9 nitrogen and oxygen atoms in total. The Kier molecular flexibility index (Phi) is 7.51. The first-order valence-corrected chi connectivity index (χ1v) is 14.9. The van der Waals surface area contributed by atoms with Crippen molar-refractivity contribution >= 4 is 54.1 Å². The van der Waals surface area contributed by atoms with Crippen molar-refractivity contribution in [1.29, 1.82) is 0 Å². The summed E-state index contributed by atoms with van der Waals surface area (Å²) in [5, 5.41) is 2.51. The van der Waals surface area contributed by atoms with E-state index in [1.807, 2.05) is 12.1 Å². The smallest absolute Gasteiger partial charge is 0.267 e. The van der Waals surface area contributed by atoms with Crippen molar-refractivity contribution in [2.45, 2.75) is 12.3 Å². The van der Waals surface area contributed by atoms with Gasteiger partial charge >= 0.3 is 0 Å². The number of piperazine rings is 1. The Balaban J connectivity index is 1.54. The van der Waals surface area contributed by atoms with Gasteiger partial charge in [-0.25, -0.2) is 13.4 Å². The van der Waals surface area contributed by atoms with Crippen molar-refractivity contribution in [2.24, 2.45) is 0 Å². The van der Waals surface area contributed by atoms with E-state index >= 15 is 0 Å². The van der Waals surface area contributed by atoms with Crippen molar-refractivity contribution in [3.8, 4) is 0 Å². The van der Waals surface area contributed by atoms with Crippen LogP contribution in [-0.4, -0.2) is 66.8 Å². The second kappa shape index (κ2) is 10.8. The maximum atomic E-state index is 13.4. The molecule has 1 saturated heterocycles. The molecule has 3 heterocycles. The van der Waals surface area contributed by atoms with Gasteiger partial charge in [-0.2, -0.15) is 4.98 Å². The van der Waals surface area contributed by atoms with Gasteiger partial charge in [0, 0.05) is 54.9 Å². The largest absolute Gasteiger partial charge is 0.369 e. The summed E-state index contributed by atoms with van der Waals surface area (Å²) in [6, 6.07) is 18.4. The Bertz CT molecular complexity index is 1600. The minimum atomic E-state index is -3.73. The highest BCUT2D eigenvalue weighted by Crippen LogP contribution is 2.29. The molecule has 1 fully saturated rings. The monoisotopic (exact) mass is 596 g/mol. The number of aromatic nitrogens is 3. The molecule has 0 spiro atoms. The summed E-state index contributed by atoms with van der Waals surface area (Å²) in [6.45, 7) is 5.59. The molecule has 0 bridgehead atoms. The highest BCUT2D eigenvalue weighted by Gasteiger charge is 2.31. The number of anilines is 3. The van der Waals surface area contributed by atoms with Gasteiger partial charge in [-0.1, -0.05) is 37.3 Å². The Labute approximate surface area is 230 Å². The number of fused-ring (bicyclic) bond motifs is 1. The molecule has 0 radical (unpaired) electrons. The third kappa shape index (κ3) is 5.31.